The van der Waals surface area contributed by atoms with Crippen LogP contribution in [0.2, 0.25) is 5.02 Å². The number of nitrogens with one attached hydrogen (secondary N) is 1. The Morgan fingerprint density at radius 1 is 1.44 bits per heavy atom. The monoisotopic (exact) mass is 327 g/mol. The fourth-order valence-electron chi connectivity index (χ4n) is 1.62. The molecule has 1 saturated carbocycles. The smallest absolute Gasteiger partial charge is 0.259 e. The molecule has 0 aliphatic heterocycles. The molecule has 0 spiro atoms. The van der Waals surface area contributed by atoms with Gasteiger partial charge in [0.05, 0.1) is 12.1 Å². The van der Waals surface area contributed by atoms with Crippen LogP contribution in [0.1, 0.15) is 18.7 Å². The Morgan fingerprint density at radius 2 is 2.28 bits per heavy atom. The van der Waals surface area contributed by atoms with E-state index in [-0.39, 0.29) is 0 Å². The average Bonchev–Trinajstić information content (AvgIpc) is 3.05. The van der Waals surface area contributed by atoms with Crippen molar-refractivity contribution in [2.24, 2.45) is 0 Å². The van der Waals surface area contributed by atoms with Crippen molar-refractivity contribution >= 4 is 27.5 Å². The lowest BCUT2D eigenvalue weighted by molar-refractivity contribution is 0.419. The van der Waals surface area contributed by atoms with Gasteiger partial charge in [0.1, 0.15) is 0 Å². The second-order valence-electron chi connectivity index (χ2n) is 4.30. The third-order valence-corrected chi connectivity index (χ3v) is 3.65. The summed E-state index contributed by atoms with van der Waals surface area (Å²) >= 11 is 9.33. The first-order chi connectivity index (χ1) is 8.72. The second-order valence-corrected chi connectivity index (χ2v) is 5.59. The lowest BCUT2D eigenvalue weighted by Crippen LogP contribution is -2.16. The summed E-state index contributed by atoms with van der Waals surface area (Å²) in [5, 5.41) is 7.96. The largest absolute Gasteiger partial charge is 0.334 e. The molecule has 1 N–H and O–H groups in total. The average molecular weight is 329 g/mol. The van der Waals surface area contributed by atoms with Crippen molar-refractivity contribution in [1.29, 1.82) is 0 Å². The summed E-state index contributed by atoms with van der Waals surface area (Å²) in [7, 11) is 0. The molecule has 3 rings (SSSR count). The molecule has 0 bridgehead atoms. The summed E-state index contributed by atoms with van der Waals surface area (Å²) < 4.78 is 6.10. The number of benzene rings is 1. The minimum atomic E-state index is 0.506. The van der Waals surface area contributed by atoms with Gasteiger partial charge in [0.15, 0.2) is 5.82 Å². The minimum Gasteiger partial charge on any atom is -0.334 e. The molecule has 4 nitrogen and oxygen atoms in total. The van der Waals surface area contributed by atoms with Crippen molar-refractivity contribution in [3.8, 4) is 11.5 Å². The van der Waals surface area contributed by atoms with Crippen LogP contribution in [-0.4, -0.2) is 16.2 Å². The molecule has 1 heterocycles. The summed E-state index contributed by atoms with van der Waals surface area (Å²) in [5.74, 6) is 1.19. The molecule has 18 heavy (non-hydrogen) atoms. The molecule has 0 radical (unpaired) electrons. The molecular formula is C12H11BrClN3O. The van der Waals surface area contributed by atoms with Gasteiger partial charge in [0.25, 0.3) is 5.89 Å². The number of nitrogens with zero attached hydrogens (tertiary/aromatic N) is 2. The lowest BCUT2D eigenvalue weighted by atomic mass is 10.2. The summed E-state index contributed by atoms with van der Waals surface area (Å²) in [6.07, 6.45) is 2.49. The second kappa shape index (κ2) is 4.99. The number of rotatable bonds is 4. The van der Waals surface area contributed by atoms with Crippen molar-refractivity contribution in [2.45, 2.75) is 25.4 Å². The molecule has 2 aromatic rings. The first kappa shape index (κ1) is 12.1. The Labute approximate surface area is 118 Å². The predicted molar refractivity (Wildman–Crippen MR) is 72.3 cm³/mol. The van der Waals surface area contributed by atoms with Crippen LogP contribution in [0.5, 0.6) is 0 Å². The Bertz CT molecular complexity index is 568. The number of aromatic nitrogens is 2. The SMILES string of the molecule is Clc1ccc(-c2nc(CNC3CC3)no2)c(Br)c1. The Hall–Kier alpha value is -0.910. The zero-order valence-corrected chi connectivity index (χ0v) is 11.8. The molecule has 0 unspecified atom stereocenters. The Morgan fingerprint density at radius 3 is 3.00 bits per heavy atom. The van der Waals surface area contributed by atoms with Gasteiger partial charge >= 0.3 is 0 Å². The van der Waals surface area contributed by atoms with Gasteiger partial charge < -0.3 is 9.84 Å². The Balaban J connectivity index is 1.78. The van der Waals surface area contributed by atoms with Gasteiger partial charge in [0, 0.05) is 15.5 Å². The van der Waals surface area contributed by atoms with E-state index in [1.165, 1.54) is 12.8 Å². The number of halogens is 2. The summed E-state index contributed by atoms with van der Waals surface area (Å²) in [6, 6.07) is 6.10. The van der Waals surface area contributed by atoms with E-state index >= 15 is 0 Å². The van der Waals surface area contributed by atoms with Gasteiger partial charge in [-0.2, -0.15) is 4.98 Å². The fourth-order valence-corrected chi connectivity index (χ4v) is 2.47. The highest BCUT2D eigenvalue weighted by molar-refractivity contribution is 9.10. The highest BCUT2D eigenvalue weighted by Gasteiger charge is 2.21. The molecule has 6 heteroatoms. The topological polar surface area (TPSA) is 51.0 Å². The van der Waals surface area contributed by atoms with Gasteiger partial charge in [-0.05, 0) is 47.0 Å². The summed E-state index contributed by atoms with van der Waals surface area (Å²) in [5.41, 5.74) is 0.851. The standard InChI is InChI=1S/C12H11BrClN3O/c13-10-5-7(14)1-4-9(10)12-16-11(17-18-12)6-15-8-2-3-8/h1,4-5,8,15H,2-3,6H2. The quantitative estimate of drug-likeness (QED) is 0.934. The Kier molecular flexibility index (Phi) is 3.37. The van der Waals surface area contributed by atoms with Crippen LogP contribution < -0.4 is 5.32 Å². The van der Waals surface area contributed by atoms with E-state index in [2.05, 4.69) is 31.4 Å². The fraction of sp³-hybridized carbons (Fsp3) is 0.333. The van der Waals surface area contributed by atoms with Crippen LogP contribution >= 0.6 is 27.5 Å². The van der Waals surface area contributed by atoms with Gasteiger partial charge in [-0.15, -0.1) is 0 Å². The van der Waals surface area contributed by atoms with Gasteiger partial charge in [0.2, 0.25) is 0 Å². The van der Waals surface area contributed by atoms with Crippen LogP contribution in [0, 0.1) is 0 Å². The van der Waals surface area contributed by atoms with Crippen molar-refractivity contribution < 1.29 is 4.52 Å². The van der Waals surface area contributed by atoms with Crippen LogP contribution in [0.15, 0.2) is 27.2 Å². The van der Waals surface area contributed by atoms with E-state index in [1.807, 2.05) is 12.1 Å². The zero-order chi connectivity index (χ0) is 12.5. The van der Waals surface area contributed by atoms with E-state index in [0.29, 0.717) is 29.3 Å². The molecule has 1 aliphatic rings. The van der Waals surface area contributed by atoms with E-state index in [0.717, 1.165) is 10.0 Å². The molecule has 1 aliphatic carbocycles. The number of hydrogen-bond donors (Lipinski definition) is 1. The molecule has 1 fully saturated rings. The molecule has 1 aromatic heterocycles. The highest BCUT2D eigenvalue weighted by atomic mass is 79.9. The van der Waals surface area contributed by atoms with Crippen molar-refractivity contribution in [2.75, 3.05) is 0 Å². The van der Waals surface area contributed by atoms with E-state index in [4.69, 9.17) is 16.1 Å². The minimum absolute atomic E-state index is 0.506. The molecular weight excluding hydrogens is 318 g/mol. The van der Waals surface area contributed by atoms with E-state index in [9.17, 15) is 0 Å². The third kappa shape index (κ3) is 2.74. The van der Waals surface area contributed by atoms with E-state index in [1.54, 1.807) is 6.07 Å². The number of hydrogen-bond acceptors (Lipinski definition) is 4. The van der Waals surface area contributed by atoms with Crippen LogP contribution in [-0.2, 0) is 6.54 Å². The first-order valence-corrected chi connectivity index (χ1v) is 6.91. The van der Waals surface area contributed by atoms with Gasteiger partial charge in [-0.1, -0.05) is 16.8 Å². The van der Waals surface area contributed by atoms with Crippen LogP contribution in [0.4, 0.5) is 0 Å². The van der Waals surface area contributed by atoms with E-state index < -0.39 is 0 Å². The maximum atomic E-state index is 5.89. The van der Waals surface area contributed by atoms with Crippen molar-refractivity contribution in [1.82, 2.24) is 15.5 Å². The maximum absolute atomic E-state index is 5.89. The van der Waals surface area contributed by atoms with Crippen molar-refractivity contribution in [3.63, 3.8) is 0 Å². The first-order valence-electron chi connectivity index (χ1n) is 5.74. The highest BCUT2D eigenvalue weighted by Crippen LogP contribution is 2.29. The molecule has 0 amide bonds. The van der Waals surface area contributed by atoms with Gasteiger partial charge in [-0.25, -0.2) is 0 Å². The normalized spacial score (nSPS) is 15.0. The molecule has 0 saturated heterocycles. The summed E-state index contributed by atoms with van der Waals surface area (Å²) in [6.45, 7) is 0.652. The van der Waals surface area contributed by atoms with Crippen LogP contribution in [0.3, 0.4) is 0 Å². The zero-order valence-electron chi connectivity index (χ0n) is 9.49. The van der Waals surface area contributed by atoms with Crippen molar-refractivity contribution in [3.05, 3.63) is 33.5 Å². The molecule has 94 valence electrons. The molecule has 1 aromatic carbocycles. The lowest BCUT2D eigenvalue weighted by Gasteiger charge is -1.98. The maximum Gasteiger partial charge on any atom is 0.259 e. The van der Waals surface area contributed by atoms with Crippen LogP contribution in [0.25, 0.3) is 11.5 Å². The van der Waals surface area contributed by atoms with Gasteiger partial charge in [-0.3, -0.25) is 0 Å². The molecule has 0 atom stereocenters. The third-order valence-electron chi connectivity index (χ3n) is 2.76. The summed E-state index contributed by atoms with van der Waals surface area (Å²) in [4.78, 5) is 4.36. The predicted octanol–water partition coefficient (Wildman–Crippen LogP) is 3.40.